The van der Waals surface area contributed by atoms with Gasteiger partial charge in [0.05, 0.1) is 16.8 Å². The summed E-state index contributed by atoms with van der Waals surface area (Å²) in [6.45, 7) is 0. The Labute approximate surface area is 139 Å². The van der Waals surface area contributed by atoms with E-state index >= 15 is 0 Å². The fourth-order valence-corrected chi connectivity index (χ4v) is 2.91. The molecule has 0 amide bonds. The average Bonchev–Trinajstić information content (AvgIpc) is 3.21. The molecule has 5 nitrogen and oxygen atoms in total. The summed E-state index contributed by atoms with van der Waals surface area (Å²) in [5, 5.41) is 8.52. The molecule has 120 valence electrons. The van der Waals surface area contributed by atoms with E-state index < -0.39 is 11.6 Å². The Morgan fingerprint density at radius 2 is 1.83 bits per heavy atom. The molecule has 0 atom stereocenters. The first-order valence-electron chi connectivity index (χ1n) is 7.04. The summed E-state index contributed by atoms with van der Waals surface area (Å²) in [7, 11) is 0. The Bertz CT molecular complexity index is 961. The molecule has 4 rings (SSSR count). The number of nitrogens with zero attached hydrogens (tertiary/aromatic N) is 3. The first-order chi connectivity index (χ1) is 11.7. The third kappa shape index (κ3) is 2.88. The van der Waals surface area contributed by atoms with Crippen LogP contribution in [0.15, 0.2) is 52.0 Å². The lowest BCUT2D eigenvalue weighted by molar-refractivity contribution is 0.510. The minimum absolute atomic E-state index is 0.368. The van der Waals surface area contributed by atoms with E-state index in [4.69, 9.17) is 4.42 Å². The first-order valence-corrected chi connectivity index (χ1v) is 8.03. The highest BCUT2D eigenvalue weighted by atomic mass is 32.2. The second kappa shape index (κ2) is 6.04. The number of hydrogen-bond donors (Lipinski definition) is 1. The highest BCUT2D eigenvalue weighted by Crippen LogP contribution is 2.25. The summed E-state index contributed by atoms with van der Waals surface area (Å²) in [6.07, 6.45) is 0. The van der Waals surface area contributed by atoms with Gasteiger partial charge >= 0.3 is 0 Å². The zero-order valence-corrected chi connectivity index (χ0v) is 13.0. The van der Waals surface area contributed by atoms with Crippen molar-refractivity contribution in [2.45, 2.75) is 10.9 Å². The molecule has 0 aliphatic heterocycles. The molecule has 0 unspecified atom stereocenters. The summed E-state index contributed by atoms with van der Waals surface area (Å²) in [5.41, 5.74) is 1.65. The van der Waals surface area contributed by atoms with Gasteiger partial charge in [-0.25, -0.2) is 13.8 Å². The van der Waals surface area contributed by atoms with Gasteiger partial charge in [0.15, 0.2) is 16.8 Å². The monoisotopic (exact) mass is 344 g/mol. The molecule has 0 aliphatic carbocycles. The molecule has 1 N–H and O–H groups in total. The van der Waals surface area contributed by atoms with Gasteiger partial charge in [0.25, 0.3) is 0 Å². The number of hydrogen-bond acceptors (Lipinski definition) is 5. The zero-order valence-electron chi connectivity index (χ0n) is 12.2. The number of thioether (sulfide) groups is 1. The van der Waals surface area contributed by atoms with E-state index in [-0.39, 0.29) is 0 Å². The molecule has 0 radical (unpaired) electrons. The molecular weight excluding hydrogens is 334 g/mol. The highest BCUT2D eigenvalue weighted by molar-refractivity contribution is 7.98. The molecule has 2 heterocycles. The summed E-state index contributed by atoms with van der Waals surface area (Å²) in [6, 6.07) is 11.6. The lowest BCUT2D eigenvalue weighted by atomic mass is 10.2. The number of H-pyrrole nitrogens is 1. The van der Waals surface area contributed by atoms with Crippen LogP contribution in [0.4, 0.5) is 8.78 Å². The van der Waals surface area contributed by atoms with E-state index in [9.17, 15) is 8.78 Å². The lowest BCUT2D eigenvalue weighted by Crippen LogP contribution is -1.82. The van der Waals surface area contributed by atoms with Crippen LogP contribution in [0.1, 0.15) is 5.89 Å². The summed E-state index contributed by atoms with van der Waals surface area (Å²) >= 11 is 1.31. The molecule has 0 saturated carbocycles. The van der Waals surface area contributed by atoms with Gasteiger partial charge < -0.3 is 9.40 Å². The van der Waals surface area contributed by atoms with E-state index in [1.807, 2.05) is 30.3 Å². The molecular formula is C16H10F2N4OS. The van der Waals surface area contributed by atoms with Gasteiger partial charge in [0.1, 0.15) is 0 Å². The van der Waals surface area contributed by atoms with Crippen LogP contribution >= 0.6 is 11.8 Å². The number of halogens is 2. The van der Waals surface area contributed by atoms with Gasteiger partial charge in [0.2, 0.25) is 11.8 Å². The predicted octanol–water partition coefficient (Wildman–Crippen LogP) is 4.18. The molecule has 2 aromatic heterocycles. The number of aromatic nitrogens is 4. The predicted molar refractivity (Wildman–Crippen MR) is 85.3 cm³/mol. The van der Waals surface area contributed by atoms with Crippen molar-refractivity contribution in [2.75, 3.05) is 0 Å². The zero-order chi connectivity index (χ0) is 16.5. The quantitative estimate of drug-likeness (QED) is 0.563. The maximum Gasteiger partial charge on any atom is 0.247 e. The molecule has 0 fully saturated rings. The molecule has 0 saturated heterocycles. The number of benzene rings is 2. The van der Waals surface area contributed by atoms with E-state index in [0.717, 1.165) is 17.7 Å². The van der Waals surface area contributed by atoms with Crippen molar-refractivity contribution in [1.82, 2.24) is 20.2 Å². The number of imidazole rings is 1. The maximum absolute atomic E-state index is 13.2. The molecule has 0 spiro atoms. The second-order valence-electron chi connectivity index (χ2n) is 4.98. The number of nitrogens with one attached hydrogen (secondary N) is 1. The minimum atomic E-state index is -0.921. The standard InChI is InChI=1S/C16H10F2N4OS/c17-10-6-12-13(7-11(10)18)20-16(19-12)24-8-14-21-22-15(23-14)9-4-2-1-3-5-9/h1-7H,8H2,(H,19,20). The number of fused-ring (bicyclic) bond motifs is 1. The Morgan fingerprint density at radius 3 is 2.67 bits per heavy atom. The normalized spacial score (nSPS) is 11.2. The Kier molecular flexibility index (Phi) is 3.73. The molecule has 8 heteroatoms. The molecule has 4 aromatic rings. The highest BCUT2D eigenvalue weighted by Gasteiger charge is 2.12. The van der Waals surface area contributed by atoms with E-state index in [2.05, 4.69) is 20.2 Å². The maximum atomic E-state index is 13.2. The van der Waals surface area contributed by atoms with Crippen LogP contribution in [-0.4, -0.2) is 20.2 Å². The molecule has 0 aliphatic rings. The van der Waals surface area contributed by atoms with Gasteiger partial charge in [-0.05, 0) is 12.1 Å². The van der Waals surface area contributed by atoms with Gasteiger partial charge in [0, 0.05) is 17.7 Å². The SMILES string of the molecule is Fc1cc2nc(SCc3nnc(-c4ccccc4)o3)[nH]c2cc1F. The van der Waals surface area contributed by atoms with Crippen molar-refractivity contribution in [2.24, 2.45) is 0 Å². The van der Waals surface area contributed by atoms with Crippen LogP contribution < -0.4 is 0 Å². The van der Waals surface area contributed by atoms with E-state index in [1.54, 1.807) is 0 Å². The van der Waals surface area contributed by atoms with Crippen LogP contribution in [0.25, 0.3) is 22.5 Å². The second-order valence-corrected chi connectivity index (χ2v) is 5.95. The van der Waals surface area contributed by atoms with Crippen LogP contribution in [0.3, 0.4) is 0 Å². The fourth-order valence-electron chi connectivity index (χ4n) is 2.19. The first kappa shape index (κ1) is 14.8. The van der Waals surface area contributed by atoms with Crippen LogP contribution in [0.2, 0.25) is 0 Å². The van der Waals surface area contributed by atoms with Crippen molar-refractivity contribution in [3.05, 3.63) is 60.0 Å². The summed E-state index contributed by atoms with van der Waals surface area (Å²) < 4.78 is 32.0. The van der Waals surface area contributed by atoms with Crippen LogP contribution in [0.5, 0.6) is 0 Å². The van der Waals surface area contributed by atoms with Gasteiger partial charge in [-0.1, -0.05) is 30.0 Å². The Balaban J connectivity index is 1.50. The van der Waals surface area contributed by atoms with Crippen LogP contribution in [-0.2, 0) is 5.75 Å². The van der Waals surface area contributed by atoms with Gasteiger partial charge in [-0.3, -0.25) is 0 Å². The smallest absolute Gasteiger partial charge is 0.247 e. The molecule has 2 aromatic carbocycles. The minimum Gasteiger partial charge on any atom is -0.420 e. The van der Waals surface area contributed by atoms with Crippen molar-refractivity contribution < 1.29 is 13.2 Å². The third-order valence-corrected chi connectivity index (χ3v) is 4.18. The third-order valence-electron chi connectivity index (χ3n) is 3.32. The van der Waals surface area contributed by atoms with E-state index in [0.29, 0.717) is 33.7 Å². The molecule has 24 heavy (non-hydrogen) atoms. The average molecular weight is 344 g/mol. The van der Waals surface area contributed by atoms with E-state index in [1.165, 1.54) is 11.8 Å². The van der Waals surface area contributed by atoms with Crippen molar-refractivity contribution in [1.29, 1.82) is 0 Å². The van der Waals surface area contributed by atoms with Crippen LogP contribution in [0, 0.1) is 11.6 Å². The van der Waals surface area contributed by atoms with Gasteiger partial charge in [-0.2, -0.15) is 0 Å². The van der Waals surface area contributed by atoms with Crippen molar-refractivity contribution >= 4 is 22.8 Å². The topological polar surface area (TPSA) is 67.6 Å². The van der Waals surface area contributed by atoms with Crippen molar-refractivity contribution in [3.8, 4) is 11.5 Å². The van der Waals surface area contributed by atoms with Crippen molar-refractivity contribution in [3.63, 3.8) is 0 Å². The largest absolute Gasteiger partial charge is 0.420 e. The Hall–Kier alpha value is -2.74. The van der Waals surface area contributed by atoms with Gasteiger partial charge in [-0.15, -0.1) is 10.2 Å². The number of rotatable bonds is 4. The Morgan fingerprint density at radius 1 is 1.04 bits per heavy atom. The number of aromatic amines is 1. The summed E-state index contributed by atoms with van der Waals surface area (Å²) in [5.74, 6) is -0.552. The molecule has 0 bridgehead atoms. The summed E-state index contributed by atoms with van der Waals surface area (Å²) in [4.78, 5) is 7.13. The lowest BCUT2D eigenvalue weighted by Gasteiger charge is -1.93. The fraction of sp³-hybridized carbons (Fsp3) is 0.0625.